The molecule has 1 amide bonds. The highest BCUT2D eigenvalue weighted by atomic mass is 35.5. The summed E-state index contributed by atoms with van der Waals surface area (Å²) in [6, 6.07) is 8.34. The fraction of sp³-hybridized carbons (Fsp3) is 0.500. The molecule has 0 saturated carbocycles. The predicted octanol–water partition coefficient (Wildman–Crippen LogP) is 5.68. The highest BCUT2D eigenvalue weighted by molar-refractivity contribution is 6.30. The summed E-state index contributed by atoms with van der Waals surface area (Å²) in [5.41, 5.74) is 5.44. The van der Waals surface area contributed by atoms with Crippen LogP contribution in [0.1, 0.15) is 62.0 Å². The number of nitrogens with zero attached hydrogens (tertiary/aromatic N) is 3. The van der Waals surface area contributed by atoms with E-state index in [1.807, 2.05) is 38.8 Å². The topological polar surface area (TPSA) is 45.7 Å². The molecule has 4 rings (SSSR count). The number of fused-ring (bicyclic) bond motifs is 1. The molecule has 1 aromatic carbocycles. The first-order chi connectivity index (χ1) is 14.2. The van der Waals surface area contributed by atoms with Crippen LogP contribution in [0.2, 0.25) is 5.02 Å². The number of aryl methyl sites for hydroxylation is 1. The van der Waals surface area contributed by atoms with Gasteiger partial charge in [0.2, 0.25) is 0 Å². The lowest BCUT2D eigenvalue weighted by molar-refractivity contribution is 0.0224. The number of rotatable bonds is 2. The lowest BCUT2D eigenvalue weighted by atomic mass is 9.90. The number of ether oxygens (including phenoxy) is 1. The maximum atomic E-state index is 12.9. The van der Waals surface area contributed by atoms with Crippen molar-refractivity contribution in [3.05, 3.63) is 57.9 Å². The second kappa shape index (κ2) is 8.10. The maximum absolute atomic E-state index is 12.9. The fourth-order valence-corrected chi connectivity index (χ4v) is 4.78. The molecule has 1 aromatic heterocycles. The first-order valence-corrected chi connectivity index (χ1v) is 11.1. The van der Waals surface area contributed by atoms with E-state index in [2.05, 4.69) is 34.1 Å². The van der Waals surface area contributed by atoms with E-state index in [-0.39, 0.29) is 12.1 Å². The second-order valence-corrected chi connectivity index (χ2v) is 9.73. The van der Waals surface area contributed by atoms with Crippen LogP contribution in [0.25, 0.3) is 0 Å². The summed E-state index contributed by atoms with van der Waals surface area (Å²) < 4.78 is 5.69. The SMILES string of the molecule is Cc1cc(N2CCc3cc(Cl)cc(C4CCCN4C(=O)OC(C)(C)C)c3C2)ccn1. The van der Waals surface area contributed by atoms with Gasteiger partial charge in [-0.05, 0) is 87.9 Å². The monoisotopic (exact) mass is 427 g/mol. The third-order valence-corrected chi connectivity index (χ3v) is 6.05. The molecule has 1 saturated heterocycles. The molecule has 0 radical (unpaired) electrons. The van der Waals surface area contributed by atoms with Crippen molar-refractivity contribution in [3.8, 4) is 0 Å². The van der Waals surface area contributed by atoms with Gasteiger partial charge in [-0.1, -0.05) is 11.6 Å². The molecule has 1 fully saturated rings. The molecule has 5 nitrogen and oxygen atoms in total. The Morgan fingerprint density at radius 3 is 2.77 bits per heavy atom. The molecule has 0 aliphatic carbocycles. The van der Waals surface area contributed by atoms with E-state index >= 15 is 0 Å². The van der Waals surface area contributed by atoms with Gasteiger partial charge in [0.1, 0.15) is 5.60 Å². The summed E-state index contributed by atoms with van der Waals surface area (Å²) in [5.74, 6) is 0. The van der Waals surface area contributed by atoms with Crippen molar-refractivity contribution < 1.29 is 9.53 Å². The number of carbonyl (C=O) groups is 1. The number of pyridine rings is 1. The minimum absolute atomic E-state index is 0.00595. The summed E-state index contributed by atoms with van der Waals surface area (Å²) in [6.45, 7) is 10.2. The Morgan fingerprint density at radius 1 is 1.23 bits per heavy atom. The molecule has 160 valence electrons. The number of likely N-dealkylation sites (tertiary alicyclic amines) is 1. The number of amides is 1. The predicted molar refractivity (Wildman–Crippen MR) is 120 cm³/mol. The van der Waals surface area contributed by atoms with Crippen molar-refractivity contribution in [3.63, 3.8) is 0 Å². The standard InChI is InChI=1S/C24H30ClN3O2/c1-16-12-19(7-9-26-16)27-11-8-17-13-18(25)14-20(21(17)15-27)22-6-5-10-28(22)23(29)30-24(2,3)4/h7,9,12-14,22H,5-6,8,10-11,15H2,1-4H3. The number of anilines is 1. The van der Waals surface area contributed by atoms with Crippen LogP contribution < -0.4 is 4.90 Å². The van der Waals surface area contributed by atoms with Gasteiger partial charge in [-0.2, -0.15) is 0 Å². The zero-order valence-corrected chi connectivity index (χ0v) is 19.0. The Balaban J connectivity index is 1.66. The van der Waals surface area contributed by atoms with Gasteiger partial charge in [-0.25, -0.2) is 4.79 Å². The van der Waals surface area contributed by atoms with E-state index in [0.717, 1.165) is 48.6 Å². The lowest BCUT2D eigenvalue weighted by Crippen LogP contribution is -2.37. The molecular formula is C24H30ClN3O2. The van der Waals surface area contributed by atoms with Crippen molar-refractivity contribution in [1.82, 2.24) is 9.88 Å². The summed E-state index contributed by atoms with van der Waals surface area (Å²) in [5, 5.41) is 0.744. The average Bonchev–Trinajstić information content (AvgIpc) is 3.15. The molecule has 2 aromatic rings. The Bertz CT molecular complexity index is 954. The third kappa shape index (κ3) is 4.41. The van der Waals surface area contributed by atoms with Crippen LogP contribution in [-0.4, -0.2) is 34.7 Å². The van der Waals surface area contributed by atoms with Gasteiger partial charge in [0.15, 0.2) is 0 Å². The normalized spacial score (nSPS) is 19.0. The van der Waals surface area contributed by atoms with Crippen LogP contribution in [0.3, 0.4) is 0 Å². The molecule has 1 atom stereocenters. The van der Waals surface area contributed by atoms with Gasteiger partial charge < -0.3 is 14.5 Å². The lowest BCUT2D eigenvalue weighted by Gasteiger charge is -2.35. The van der Waals surface area contributed by atoms with E-state index in [0.29, 0.717) is 6.54 Å². The summed E-state index contributed by atoms with van der Waals surface area (Å²) in [7, 11) is 0. The maximum Gasteiger partial charge on any atom is 0.410 e. The highest BCUT2D eigenvalue weighted by Gasteiger charge is 2.35. The Kier molecular flexibility index (Phi) is 5.67. The van der Waals surface area contributed by atoms with Gasteiger partial charge in [0.05, 0.1) is 6.04 Å². The zero-order valence-electron chi connectivity index (χ0n) is 18.2. The molecule has 1 unspecified atom stereocenters. The zero-order chi connectivity index (χ0) is 21.5. The summed E-state index contributed by atoms with van der Waals surface area (Å²) in [6.07, 6.45) is 4.46. The molecule has 2 aliphatic rings. The molecule has 0 N–H and O–H groups in total. The number of hydrogen-bond acceptors (Lipinski definition) is 4. The second-order valence-electron chi connectivity index (χ2n) is 9.29. The van der Waals surface area contributed by atoms with E-state index in [4.69, 9.17) is 16.3 Å². The van der Waals surface area contributed by atoms with Crippen molar-refractivity contribution in [2.45, 2.75) is 65.1 Å². The van der Waals surface area contributed by atoms with Gasteiger partial charge >= 0.3 is 6.09 Å². The number of halogens is 1. The number of aromatic nitrogens is 1. The van der Waals surface area contributed by atoms with Crippen molar-refractivity contribution in [1.29, 1.82) is 0 Å². The van der Waals surface area contributed by atoms with Crippen LogP contribution in [0, 0.1) is 6.92 Å². The van der Waals surface area contributed by atoms with Gasteiger partial charge in [0, 0.05) is 42.2 Å². The minimum atomic E-state index is -0.506. The van der Waals surface area contributed by atoms with Crippen LogP contribution in [0.15, 0.2) is 30.5 Å². The van der Waals surface area contributed by atoms with Crippen LogP contribution in [-0.2, 0) is 17.7 Å². The van der Waals surface area contributed by atoms with E-state index in [1.165, 1.54) is 16.8 Å². The summed E-state index contributed by atoms with van der Waals surface area (Å²) >= 11 is 6.51. The summed E-state index contributed by atoms with van der Waals surface area (Å²) in [4.78, 5) is 21.5. The van der Waals surface area contributed by atoms with Gasteiger partial charge in [-0.3, -0.25) is 4.98 Å². The first-order valence-electron chi connectivity index (χ1n) is 10.7. The van der Waals surface area contributed by atoms with Crippen molar-refractivity contribution >= 4 is 23.4 Å². The van der Waals surface area contributed by atoms with E-state index < -0.39 is 5.60 Å². The first kappa shape index (κ1) is 21.0. The largest absolute Gasteiger partial charge is 0.444 e. The molecular weight excluding hydrogens is 398 g/mol. The van der Waals surface area contributed by atoms with Gasteiger partial charge in [0.25, 0.3) is 0 Å². The van der Waals surface area contributed by atoms with Crippen LogP contribution >= 0.6 is 11.6 Å². The third-order valence-electron chi connectivity index (χ3n) is 5.83. The van der Waals surface area contributed by atoms with Crippen LogP contribution in [0.4, 0.5) is 10.5 Å². The highest BCUT2D eigenvalue weighted by Crippen LogP contribution is 2.39. The average molecular weight is 428 g/mol. The van der Waals surface area contributed by atoms with Crippen molar-refractivity contribution in [2.24, 2.45) is 0 Å². The van der Waals surface area contributed by atoms with E-state index in [9.17, 15) is 4.79 Å². The number of benzene rings is 1. The van der Waals surface area contributed by atoms with Gasteiger partial charge in [-0.15, -0.1) is 0 Å². The molecule has 30 heavy (non-hydrogen) atoms. The molecule has 0 spiro atoms. The number of carbonyl (C=O) groups excluding carboxylic acids is 1. The van der Waals surface area contributed by atoms with Crippen molar-refractivity contribution in [2.75, 3.05) is 18.0 Å². The molecule has 2 aliphatic heterocycles. The molecule has 3 heterocycles. The molecule has 0 bridgehead atoms. The smallest absolute Gasteiger partial charge is 0.410 e. The Hall–Kier alpha value is -2.27. The van der Waals surface area contributed by atoms with E-state index in [1.54, 1.807) is 0 Å². The molecule has 6 heteroatoms. The van der Waals surface area contributed by atoms with Crippen LogP contribution in [0.5, 0.6) is 0 Å². The fourth-order valence-electron chi connectivity index (χ4n) is 4.53. The Labute approximate surface area is 184 Å². The number of hydrogen-bond donors (Lipinski definition) is 0. The minimum Gasteiger partial charge on any atom is -0.444 e. The quantitative estimate of drug-likeness (QED) is 0.618. The Morgan fingerprint density at radius 2 is 2.03 bits per heavy atom.